The summed E-state index contributed by atoms with van der Waals surface area (Å²) in [5.41, 5.74) is 0.624. The van der Waals surface area contributed by atoms with Gasteiger partial charge in [0.05, 0.1) is 0 Å². The Morgan fingerprint density at radius 2 is 2.36 bits per heavy atom. The van der Waals surface area contributed by atoms with Crippen LogP contribution in [0, 0.1) is 23.2 Å². The highest BCUT2D eigenvalue weighted by atomic mass is 15.0. The molecule has 1 saturated heterocycles. The Bertz CT molecular complexity index is 221. The molecule has 1 saturated carbocycles. The van der Waals surface area contributed by atoms with Gasteiger partial charge in [0.25, 0.3) is 0 Å². The van der Waals surface area contributed by atoms with Gasteiger partial charge in [-0.25, -0.2) is 0 Å². The summed E-state index contributed by atoms with van der Waals surface area (Å²) in [6, 6.07) is 0. The lowest BCUT2D eigenvalue weighted by atomic mass is 9.72. The first-order valence-corrected chi connectivity index (χ1v) is 4.70. The van der Waals surface area contributed by atoms with E-state index in [1.165, 1.54) is 19.5 Å². The third-order valence-electron chi connectivity index (χ3n) is 4.20. The predicted molar refractivity (Wildman–Crippen MR) is 45.2 cm³/mol. The maximum Gasteiger partial charge on any atom is 0.00143 e. The third kappa shape index (κ3) is 0.572. The first kappa shape index (κ1) is 6.24. The second-order valence-corrected chi connectivity index (χ2v) is 4.63. The van der Waals surface area contributed by atoms with Gasteiger partial charge in [-0.2, -0.15) is 0 Å². The largest absolute Gasteiger partial charge is 0.316 e. The number of rotatable bonds is 0. The molecule has 0 radical (unpaired) electrons. The van der Waals surface area contributed by atoms with Gasteiger partial charge in [0.2, 0.25) is 0 Å². The van der Waals surface area contributed by atoms with Crippen LogP contribution in [-0.2, 0) is 0 Å². The Labute approximate surface area is 67.9 Å². The van der Waals surface area contributed by atoms with Gasteiger partial charge >= 0.3 is 0 Å². The monoisotopic (exact) mass is 149 g/mol. The molecule has 0 amide bonds. The molecule has 1 nitrogen and oxygen atoms in total. The molecule has 3 aliphatic rings. The van der Waals surface area contributed by atoms with Crippen molar-refractivity contribution in [2.75, 3.05) is 13.1 Å². The van der Waals surface area contributed by atoms with E-state index < -0.39 is 0 Å². The molecule has 2 fully saturated rings. The highest BCUT2D eigenvalue weighted by Crippen LogP contribution is 2.57. The summed E-state index contributed by atoms with van der Waals surface area (Å²) in [5, 5.41) is 3.53. The normalized spacial score (nSPS) is 58.8. The van der Waals surface area contributed by atoms with Crippen LogP contribution in [0.1, 0.15) is 13.3 Å². The van der Waals surface area contributed by atoms with Crippen molar-refractivity contribution in [3.63, 3.8) is 0 Å². The SMILES string of the molecule is C[C@]12CNC[C@@H]1[C@H]1C=C[C@H]2C1. The van der Waals surface area contributed by atoms with Crippen LogP contribution >= 0.6 is 0 Å². The van der Waals surface area contributed by atoms with Crippen molar-refractivity contribution < 1.29 is 0 Å². The molecular weight excluding hydrogens is 134 g/mol. The molecule has 2 aliphatic carbocycles. The van der Waals surface area contributed by atoms with Crippen LogP contribution in [0.4, 0.5) is 0 Å². The van der Waals surface area contributed by atoms with E-state index in [1.54, 1.807) is 0 Å². The van der Waals surface area contributed by atoms with E-state index >= 15 is 0 Å². The van der Waals surface area contributed by atoms with E-state index in [4.69, 9.17) is 0 Å². The zero-order chi connectivity index (χ0) is 7.47. The van der Waals surface area contributed by atoms with E-state index in [-0.39, 0.29) is 0 Å². The van der Waals surface area contributed by atoms with Crippen LogP contribution in [0.5, 0.6) is 0 Å². The molecular formula is C10H15N. The van der Waals surface area contributed by atoms with Gasteiger partial charge in [0.1, 0.15) is 0 Å². The Morgan fingerprint density at radius 3 is 3.18 bits per heavy atom. The summed E-state index contributed by atoms with van der Waals surface area (Å²) in [5.74, 6) is 2.77. The average molecular weight is 149 g/mol. The molecule has 60 valence electrons. The Hall–Kier alpha value is -0.300. The molecule has 1 N–H and O–H groups in total. The molecule has 0 unspecified atom stereocenters. The Morgan fingerprint density at radius 1 is 1.45 bits per heavy atom. The molecule has 1 aliphatic heterocycles. The van der Waals surface area contributed by atoms with Gasteiger partial charge in [-0.1, -0.05) is 19.1 Å². The van der Waals surface area contributed by atoms with Gasteiger partial charge in [0, 0.05) is 6.54 Å². The third-order valence-corrected chi connectivity index (χ3v) is 4.20. The van der Waals surface area contributed by atoms with Crippen molar-refractivity contribution in [3.8, 4) is 0 Å². The highest BCUT2D eigenvalue weighted by Gasteiger charge is 2.54. The highest BCUT2D eigenvalue weighted by molar-refractivity contribution is 5.20. The minimum Gasteiger partial charge on any atom is -0.316 e. The topological polar surface area (TPSA) is 12.0 Å². The first-order valence-electron chi connectivity index (χ1n) is 4.70. The molecule has 2 bridgehead atoms. The lowest BCUT2D eigenvalue weighted by molar-refractivity contribution is 0.232. The summed E-state index contributed by atoms with van der Waals surface area (Å²) < 4.78 is 0. The quantitative estimate of drug-likeness (QED) is 0.514. The van der Waals surface area contributed by atoms with E-state index in [1.807, 2.05) is 0 Å². The van der Waals surface area contributed by atoms with E-state index in [0.29, 0.717) is 5.41 Å². The summed E-state index contributed by atoms with van der Waals surface area (Å²) in [4.78, 5) is 0. The van der Waals surface area contributed by atoms with Gasteiger partial charge in [-0.05, 0) is 36.1 Å². The maximum absolute atomic E-state index is 3.53. The van der Waals surface area contributed by atoms with Crippen molar-refractivity contribution >= 4 is 0 Å². The fraction of sp³-hybridized carbons (Fsp3) is 0.800. The molecule has 0 aromatic heterocycles. The van der Waals surface area contributed by atoms with Crippen molar-refractivity contribution in [3.05, 3.63) is 12.2 Å². The van der Waals surface area contributed by atoms with Crippen LogP contribution in [0.15, 0.2) is 12.2 Å². The Kier molecular flexibility index (Phi) is 0.972. The summed E-state index contributed by atoms with van der Waals surface area (Å²) in [6.45, 7) is 4.98. The second kappa shape index (κ2) is 1.71. The van der Waals surface area contributed by atoms with Crippen molar-refractivity contribution in [2.24, 2.45) is 23.2 Å². The van der Waals surface area contributed by atoms with Crippen LogP contribution in [0.25, 0.3) is 0 Å². The molecule has 3 rings (SSSR count). The average Bonchev–Trinajstić information content (AvgIpc) is 2.54. The minimum atomic E-state index is 0.624. The van der Waals surface area contributed by atoms with Crippen molar-refractivity contribution in [1.82, 2.24) is 5.32 Å². The lowest BCUT2D eigenvalue weighted by Crippen LogP contribution is -2.30. The number of allylic oxidation sites excluding steroid dienone is 2. The maximum atomic E-state index is 3.53. The standard InChI is InChI=1S/C10H15N/c1-10-6-11-5-9(10)7-2-3-8(10)4-7/h2-3,7-9,11H,4-6H2,1H3/t7-,8-,9+,10+/m0/s1. The van der Waals surface area contributed by atoms with Gasteiger partial charge in [-0.3, -0.25) is 0 Å². The minimum absolute atomic E-state index is 0.624. The molecule has 1 heterocycles. The lowest BCUT2D eigenvalue weighted by Gasteiger charge is -2.31. The summed E-state index contributed by atoms with van der Waals surface area (Å²) >= 11 is 0. The van der Waals surface area contributed by atoms with Crippen LogP contribution in [-0.4, -0.2) is 13.1 Å². The fourth-order valence-electron chi connectivity index (χ4n) is 3.42. The molecule has 0 aromatic carbocycles. The van der Waals surface area contributed by atoms with E-state index in [2.05, 4.69) is 24.4 Å². The van der Waals surface area contributed by atoms with Gasteiger partial charge in [0.15, 0.2) is 0 Å². The Balaban J connectivity index is 2.06. The zero-order valence-electron chi connectivity index (χ0n) is 7.01. The molecule has 0 aromatic rings. The van der Waals surface area contributed by atoms with Crippen LogP contribution in [0.2, 0.25) is 0 Å². The van der Waals surface area contributed by atoms with Crippen molar-refractivity contribution in [1.29, 1.82) is 0 Å². The second-order valence-electron chi connectivity index (χ2n) is 4.63. The van der Waals surface area contributed by atoms with Gasteiger partial charge < -0.3 is 5.32 Å². The predicted octanol–water partition coefficient (Wildman–Crippen LogP) is 1.42. The summed E-state index contributed by atoms with van der Waals surface area (Å²) in [6.07, 6.45) is 6.35. The van der Waals surface area contributed by atoms with Crippen molar-refractivity contribution in [2.45, 2.75) is 13.3 Å². The number of fused-ring (bicyclic) bond motifs is 5. The van der Waals surface area contributed by atoms with E-state index in [0.717, 1.165) is 17.8 Å². The molecule has 11 heavy (non-hydrogen) atoms. The molecule has 0 spiro atoms. The number of hydrogen-bond acceptors (Lipinski definition) is 1. The van der Waals surface area contributed by atoms with E-state index in [9.17, 15) is 0 Å². The number of nitrogens with one attached hydrogen (secondary N) is 1. The molecule has 1 heteroatoms. The zero-order valence-corrected chi connectivity index (χ0v) is 7.01. The van der Waals surface area contributed by atoms with Crippen LogP contribution in [0.3, 0.4) is 0 Å². The smallest absolute Gasteiger partial charge is 0.00143 e. The number of hydrogen-bond donors (Lipinski definition) is 1. The fourth-order valence-corrected chi connectivity index (χ4v) is 3.42. The summed E-state index contributed by atoms with van der Waals surface area (Å²) in [7, 11) is 0. The first-order chi connectivity index (χ1) is 5.31. The van der Waals surface area contributed by atoms with Crippen LogP contribution < -0.4 is 5.32 Å². The molecule has 4 atom stereocenters. The van der Waals surface area contributed by atoms with Gasteiger partial charge in [-0.15, -0.1) is 0 Å².